The number of carbonyl (C=O) groups is 1. The van der Waals surface area contributed by atoms with E-state index in [1.165, 1.54) is 6.42 Å². The second-order valence-electron chi connectivity index (χ2n) is 3.96. The zero-order valence-corrected chi connectivity index (χ0v) is 9.88. The third kappa shape index (κ3) is 3.17. The van der Waals surface area contributed by atoms with E-state index in [-0.39, 0.29) is 11.4 Å². The highest BCUT2D eigenvalue weighted by Gasteiger charge is 2.33. The van der Waals surface area contributed by atoms with Crippen molar-refractivity contribution >= 4 is 17.7 Å². The summed E-state index contributed by atoms with van der Waals surface area (Å²) in [4.78, 5) is 11.8. The minimum atomic E-state index is -0.323. The van der Waals surface area contributed by atoms with Crippen LogP contribution in [0.25, 0.3) is 0 Å². The molecule has 0 bridgehead atoms. The third-order valence-corrected chi connectivity index (χ3v) is 3.32. The van der Waals surface area contributed by atoms with Crippen LogP contribution in [0.2, 0.25) is 0 Å². The Morgan fingerprint density at radius 2 is 2.36 bits per heavy atom. The van der Waals surface area contributed by atoms with Crippen LogP contribution >= 0.6 is 11.8 Å². The number of carbonyl (C=O) groups excluding carboxylic acids is 1. The molecular weight excluding hydrogens is 196 g/mol. The van der Waals surface area contributed by atoms with Crippen molar-refractivity contribution in [1.82, 2.24) is 10.6 Å². The summed E-state index contributed by atoms with van der Waals surface area (Å²) < 4.78 is 0. The van der Waals surface area contributed by atoms with Crippen LogP contribution in [0.4, 0.5) is 0 Å². The number of hydrogen-bond donors (Lipinski definition) is 2. The Balaban J connectivity index is 2.33. The van der Waals surface area contributed by atoms with Crippen molar-refractivity contribution < 1.29 is 4.79 Å². The standard InChI is InChI=1S/C10H20N2OS/c1-10(5-3-4-6-12-10)9(13)11-7-8-14-2/h12H,3-8H2,1-2H3,(H,11,13). The molecule has 0 spiro atoms. The molecule has 2 N–H and O–H groups in total. The molecule has 0 saturated carbocycles. The van der Waals surface area contributed by atoms with Gasteiger partial charge in [0.15, 0.2) is 0 Å². The van der Waals surface area contributed by atoms with E-state index in [1.54, 1.807) is 11.8 Å². The van der Waals surface area contributed by atoms with Gasteiger partial charge in [-0.2, -0.15) is 11.8 Å². The molecule has 1 unspecified atom stereocenters. The lowest BCUT2D eigenvalue weighted by molar-refractivity contribution is -0.127. The van der Waals surface area contributed by atoms with E-state index in [0.29, 0.717) is 0 Å². The molecule has 0 aromatic carbocycles. The van der Waals surface area contributed by atoms with Crippen LogP contribution in [0, 0.1) is 0 Å². The average Bonchev–Trinajstić information content (AvgIpc) is 2.19. The summed E-state index contributed by atoms with van der Waals surface area (Å²) in [6.07, 6.45) is 5.35. The fraction of sp³-hybridized carbons (Fsp3) is 0.900. The largest absolute Gasteiger partial charge is 0.354 e. The van der Waals surface area contributed by atoms with Gasteiger partial charge in [-0.05, 0) is 39.0 Å². The number of hydrogen-bond acceptors (Lipinski definition) is 3. The van der Waals surface area contributed by atoms with E-state index in [9.17, 15) is 4.79 Å². The van der Waals surface area contributed by atoms with E-state index in [1.807, 2.05) is 13.2 Å². The first kappa shape index (κ1) is 11.9. The average molecular weight is 216 g/mol. The van der Waals surface area contributed by atoms with Crippen LogP contribution < -0.4 is 10.6 Å². The second-order valence-corrected chi connectivity index (χ2v) is 4.95. The number of rotatable bonds is 4. The predicted octanol–water partition coefficient (Wildman–Crippen LogP) is 0.998. The van der Waals surface area contributed by atoms with E-state index in [4.69, 9.17) is 0 Å². The lowest BCUT2D eigenvalue weighted by atomic mass is 9.90. The lowest BCUT2D eigenvalue weighted by Crippen LogP contribution is -2.57. The van der Waals surface area contributed by atoms with E-state index in [2.05, 4.69) is 10.6 Å². The molecular formula is C10H20N2OS. The first-order chi connectivity index (χ1) is 6.69. The molecule has 82 valence electrons. The quantitative estimate of drug-likeness (QED) is 0.689. The fourth-order valence-corrected chi connectivity index (χ4v) is 2.02. The van der Waals surface area contributed by atoms with Crippen LogP contribution in [-0.2, 0) is 4.79 Å². The van der Waals surface area contributed by atoms with Gasteiger partial charge in [0.05, 0.1) is 5.54 Å². The summed E-state index contributed by atoms with van der Waals surface area (Å²) in [6, 6.07) is 0. The molecule has 1 fully saturated rings. The Morgan fingerprint density at radius 1 is 1.57 bits per heavy atom. The Bertz CT molecular complexity index is 191. The van der Waals surface area contributed by atoms with Gasteiger partial charge in [-0.25, -0.2) is 0 Å². The first-order valence-electron chi connectivity index (χ1n) is 5.21. The molecule has 1 rings (SSSR count). The van der Waals surface area contributed by atoms with E-state index >= 15 is 0 Å². The zero-order chi connectivity index (χ0) is 10.4. The molecule has 0 aromatic heterocycles. The molecule has 1 atom stereocenters. The summed E-state index contributed by atoms with van der Waals surface area (Å²) >= 11 is 1.75. The Hall–Kier alpha value is -0.220. The van der Waals surface area contributed by atoms with Gasteiger partial charge < -0.3 is 10.6 Å². The normalized spacial score (nSPS) is 27.3. The highest BCUT2D eigenvalue weighted by molar-refractivity contribution is 7.98. The number of piperidine rings is 1. The van der Waals surface area contributed by atoms with Gasteiger partial charge >= 0.3 is 0 Å². The molecule has 3 nitrogen and oxygen atoms in total. The van der Waals surface area contributed by atoms with Crippen molar-refractivity contribution in [2.75, 3.05) is 25.1 Å². The SMILES string of the molecule is CSCCNC(=O)C1(C)CCCCN1. The van der Waals surface area contributed by atoms with Crippen molar-refractivity contribution in [3.63, 3.8) is 0 Å². The Morgan fingerprint density at radius 3 is 2.93 bits per heavy atom. The highest BCUT2D eigenvalue weighted by Crippen LogP contribution is 2.18. The van der Waals surface area contributed by atoms with Crippen LogP contribution in [-0.4, -0.2) is 36.5 Å². The molecule has 14 heavy (non-hydrogen) atoms. The van der Waals surface area contributed by atoms with Gasteiger partial charge in [-0.1, -0.05) is 0 Å². The van der Waals surface area contributed by atoms with Gasteiger partial charge in [0, 0.05) is 12.3 Å². The molecule has 0 radical (unpaired) electrons. The van der Waals surface area contributed by atoms with Gasteiger partial charge in [-0.15, -0.1) is 0 Å². The minimum absolute atomic E-state index is 0.159. The van der Waals surface area contributed by atoms with Crippen LogP contribution in [0.3, 0.4) is 0 Å². The lowest BCUT2D eigenvalue weighted by Gasteiger charge is -2.33. The van der Waals surface area contributed by atoms with Crippen molar-refractivity contribution in [3.05, 3.63) is 0 Å². The zero-order valence-electron chi connectivity index (χ0n) is 9.06. The molecule has 0 aromatic rings. The smallest absolute Gasteiger partial charge is 0.240 e. The van der Waals surface area contributed by atoms with Crippen molar-refractivity contribution in [2.45, 2.75) is 31.7 Å². The molecule has 4 heteroatoms. The van der Waals surface area contributed by atoms with Crippen LogP contribution in [0.15, 0.2) is 0 Å². The van der Waals surface area contributed by atoms with Gasteiger partial charge in [0.1, 0.15) is 0 Å². The second kappa shape index (κ2) is 5.61. The molecule has 1 aliphatic heterocycles. The van der Waals surface area contributed by atoms with E-state index in [0.717, 1.165) is 31.7 Å². The Labute approximate surface area is 90.4 Å². The summed E-state index contributed by atoms with van der Waals surface area (Å²) in [6.45, 7) is 3.74. The summed E-state index contributed by atoms with van der Waals surface area (Å²) in [5.74, 6) is 1.15. The Kier molecular flexibility index (Phi) is 4.75. The van der Waals surface area contributed by atoms with Crippen molar-refractivity contribution in [1.29, 1.82) is 0 Å². The van der Waals surface area contributed by atoms with Gasteiger partial charge in [-0.3, -0.25) is 4.79 Å². The summed E-state index contributed by atoms with van der Waals surface area (Å²) in [7, 11) is 0. The van der Waals surface area contributed by atoms with E-state index < -0.39 is 0 Å². The summed E-state index contributed by atoms with van der Waals surface area (Å²) in [5, 5.41) is 6.27. The van der Waals surface area contributed by atoms with Gasteiger partial charge in [0.2, 0.25) is 5.91 Å². The maximum absolute atomic E-state index is 11.8. The monoisotopic (exact) mass is 216 g/mol. The minimum Gasteiger partial charge on any atom is -0.354 e. The topological polar surface area (TPSA) is 41.1 Å². The molecule has 1 heterocycles. The van der Waals surface area contributed by atoms with Crippen LogP contribution in [0.5, 0.6) is 0 Å². The fourth-order valence-electron chi connectivity index (χ4n) is 1.71. The van der Waals surface area contributed by atoms with Crippen LogP contribution in [0.1, 0.15) is 26.2 Å². The van der Waals surface area contributed by atoms with Crippen molar-refractivity contribution in [3.8, 4) is 0 Å². The number of amides is 1. The molecule has 1 saturated heterocycles. The third-order valence-electron chi connectivity index (χ3n) is 2.71. The first-order valence-corrected chi connectivity index (χ1v) is 6.61. The maximum Gasteiger partial charge on any atom is 0.240 e. The summed E-state index contributed by atoms with van der Waals surface area (Å²) in [5.41, 5.74) is -0.323. The van der Waals surface area contributed by atoms with Crippen molar-refractivity contribution in [2.24, 2.45) is 0 Å². The predicted molar refractivity (Wildman–Crippen MR) is 61.7 cm³/mol. The molecule has 0 aliphatic carbocycles. The highest BCUT2D eigenvalue weighted by atomic mass is 32.2. The molecule has 1 aliphatic rings. The van der Waals surface area contributed by atoms with Gasteiger partial charge in [0.25, 0.3) is 0 Å². The molecule has 1 amide bonds. The number of thioether (sulfide) groups is 1. The number of nitrogens with one attached hydrogen (secondary N) is 2. The maximum atomic E-state index is 11.8.